The summed E-state index contributed by atoms with van der Waals surface area (Å²) in [5, 5.41) is 16.3. The summed E-state index contributed by atoms with van der Waals surface area (Å²) in [6.07, 6.45) is 0. The number of phenolic OH excluding ortho intramolecular Hbond substituents is 1. The Morgan fingerprint density at radius 3 is 2.76 bits per heavy atom. The molecule has 1 saturated heterocycles. The number of phenols is 1. The molecule has 1 aliphatic heterocycles. The minimum Gasteiger partial charge on any atom is -0.507 e. The highest BCUT2D eigenvalue weighted by Crippen LogP contribution is 2.19. The van der Waals surface area contributed by atoms with Crippen LogP contribution in [0.2, 0.25) is 0 Å². The third kappa shape index (κ3) is 2.97. The van der Waals surface area contributed by atoms with Gasteiger partial charge < -0.3 is 9.84 Å². The van der Waals surface area contributed by atoms with Crippen LogP contribution in [0.1, 0.15) is 18.1 Å². The molecule has 1 aliphatic rings. The van der Waals surface area contributed by atoms with Crippen molar-refractivity contribution in [3.05, 3.63) is 29.3 Å². The SMILES string of the molecule is CC(=NN1CCOCC1)c1cc(C)ccc1O. The number of hydrogen-bond donors (Lipinski definition) is 1. The number of ether oxygens (including phenoxy) is 1. The van der Waals surface area contributed by atoms with Gasteiger partial charge in [-0.05, 0) is 26.0 Å². The fraction of sp³-hybridized carbons (Fsp3) is 0.462. The topological polar surface area (TPSA) is 45.1 Å². The summed E-state index contributed by atoms with van der Waals surface area (Å²) in [7, 11) is 0. The highest BCUT2D eigenvalue weighted by atomic mass is 16.5. The number of benzene rings is 1. The van der Waals surface area contributed by atoms with E-state index in [1.165, 1.54) is 0 Å². The van der Waals surface area contributed by atoms with Crippen molar-refractivity contribution in [3.63, 3.8) is 0 Å². The zero-order valence-corrected chi connectivity index (χ0v) is 10.3. The first-order valence-corrected chi connectivity index (χ1v) is 5.85. The number of morpholine rings is 1. The van der Waals surface area contributed by atoms with Crippen molar-refractivity contribution in [1.29, 1.82) is 0 Å². The third-order valence-corrected chi connectivity index (χ3v) is 2.82. The van der Waals surface area contributed by atoms with Gasteiger partial charge in [0.25, 0.3) is 0 Å². The molecular formula is C13H18N2O2. The predicted molar refractivity (Wildman–Crippen MR) is 67.4 cm³/mol. The Bertz CT molecular complexity index is 423. The van der Waals surface area contributed by atoms with Crippen molar-refractivity contribution in [2.45, 2.75) is 13.8 Å². The second kappa shape index (κ2) is 5.19. The van der Waals surface area contributed by atoms with Crippen LogP contribution in [0.25, 0.3) is 0 Å². The number of hydrazone groups is 1. The summed E-state index contributed by atoms with van der Waals surface area (Å²) in [5.74, 6) is 0.283. The maximum Gasteiger partial charge on any atom is 0.124 e. The molecule has 4 heteroatoms. The second-order valence-electron chi connectivity index (χ2n) is 4.27. The maximum absolute atomic E-state index is 9.81. The van der Waals surface area contributed by atoms with Gasteiger partial charge in [0.15, 0.2) is 0 Å². The Morgan fingerprint density at radius 1 is 1.35 bits per heavy atom. The van der Waals surface area contributed by atoms with Crippen molar-refractivity contribution in [2.24, 2.45) is 5.10 Å². The minimum absolute atomic E-state index is 0.283. The van der Waals surface area contributed by atoms with E-state index in [2.05, 4.69) is 5.10 Å². The molecule has 1 fully saturated rings. The average Bonchev–Trinajstić information content (AvgIpc) is 2.33. The van der Waals surface area contributed by atoms with Crippen LogP contribution < -0.4 is 0 Å². The van der Waals surface area contributed by atoms with Gasteiger partial charge in [-0.1, -0.05) is 11.6 Å². The summed E-state index contributed by atoms with van der Waals surface area (Å²) in [6, 6.07) is 5.55. The van der Waals surface area contributed by atoms with Crippen LogP contribution in [0, 0.1) is 6.92 Å². The predicted octanol–water partition coefficient (Wildman–Crippen LogP) is 1.76. The van der Waals surface area contributed by atoms with E-state index >= 15 is 0 Å². The maximum atomic E-state index is 9.81. The molecule has 0 amide bonds. The van der Waals surface area contributed by atoms with Crippen molar-refractivity contribution in [2.75, 3.05) is 26.3 Å². The number of aryl methyl sites for hydroxylation is 1. The van der Waals surface area contributed by atoms with E-state index in [-0.39, 0.29) is 5.75 Å². The van der Waals surface area contributed by atoms with Gasteiger partial charge in [-0.3, -0.25) is 5.01 Å². The van der Waals surface area contributed by atoms with Crippen LogP contribution in [0.5, 0.6) is 5.75 Å². The van der Waals surface area contributed by atoms with Gasteiger partial charge in [0.05, 0.1) is 32.0 Å². The molecule has 17 heavy (non-hydrogen) atoms. The molecule has 1 aromatic rings. The summed E-state index contributed by atoms with van der Waals surface area (Å²) in [4.78, 5) is 0. The molecule has 1 heterocycles. The summed E-state index contributed by atoms with van der Waals surface area (Å²) in [5.41, 5.74) is 2.76. The molecule has 0 atom stereocenters. The van der Waals surface area contributed by atoms with Gasteiger partial charge in [-0.2, -0.15) is 5.10 Å². The number of nitrogens with zero attached hydrogens (tertiary/aromatic N) is 2. The van der Waals surface area contributed by atoms with E-state index < -0.39 is 0 Å². The van der Waals surface area contributed by atoms with Crippen LogP contribution in [0.15, 0.2) is 23.3 Å². The normalized spacial score (nSPS) is 17.3. The first kappa shape index (κ1) is 11.9. The molecule has 0 bridgehead atoms. The van der Waals surface area contributed by atoms with E-state index in [1.807, 2.05) is 31.0 Å². The average molecular weight is 234 g/mol. The zero-order chi connectivity index (χ0) is 12.3. The first-order valence-electron chi connectivity index (χ1n) is 5.85. The number of aromatic hydroxyl groups is 1. The fourth-order valence-electron chi connectivity index (χ4n) is 1.86. The second-order valence-corrected chi connectivity index (χ2v) is 4.27. The number of rotatable bonds is 2. The first-order chi connectivity index (χ1) is 8.16. The highest BCUT2D eigenvalue weighted by Gasteiger charge is 2.10. The van der Waals surface area contributed by atoms with Gasteiger partial charge in [-0.25, -0.2) is 0 Å². The number of hydrogen-bond acceptors (Lipinski definition) is 4. The Balaban J connectivity index is 2.19. The van der Waals surface area contributed by atoms with Crippen molar-refractivity contribution in [3.8, 4) is 5.75 Å². The molecule has 0 unspecified atom stereocenters. The van der Waals surface area contributed by atoms with Crippen LogP contribution in [-0.2, 0) is 4.74 Å². The Kier molecular flexibility index (Phi) is 3.64. The third-order valence-electron chi connectivity index (χ3n) is 2.82. The Morgan fingerprint density at radius 2 is 2.06 bits per heavy atom. The van der Waals surface area contributed by atoms with E-state index in [9.17, 15) is 5.11 Å². The fourth-order valence-corrected chi connectivity index (χ4v) is 1.86. The monoisotopic (exact) mass is 234 g/mol. The quantitative estimate of drug-likeness (QED) is 0.793. The summed E-state index contributed by atoms with van der Waals surface area (Å²) < 4.78 is 5.27. The van der Waals surface area contributed by atoms with Crippen LogP contribution >= 0.6 is 0 Å². The lowest BCUT2D eigenvalue weighted by atomic mass is 10.1. The molecule has 0 radical (unpaired) electrons. The van der Waals surface area contributed by atoms with Gasteiger partial charge in [0.1, 0.15) is 5.75 Å². The molecule has 2 rings (SSSR count). The van der Waals surface area contributed by atoms with Gasteiger partial charge in [-0.15, -0.1) is 0 Å². The Labute approximate surface area is 102 Å². The van der Waals surface area contributed by atoms with Crippen LogP contribution in [0.3, 0.4) is 0 Å². The standard InChI is InChI=1S/C13H18N2O2/c1-10-3-4-13(16)12(9-10)11(2)14-15-5-7-17-8-6-15/h3-4,9,16H,5-8H2,1-2H3. The van der Waals surface area contributed by atoms with Crippen LogP contribution in [-0.4, -0.2) is 42.1 Å². The molecule has 92 valence electrons. The van der Waals surface area contributed by atoms with E-state index in [0.29, 0.717) is 0 Å². The molecule has 0 spiro atoms. The van der Waals surface area contributed by atoms with Gasteiger partial charge in [0, 0.05) is 5.56 Å². The van der Waals surface area contributed by atoms with E-state index in [0.717, 1.165) is 43.1 Å². The van der Waals surface area contributed by atoms with E-state index in [1.54, 1.807) is 6.07 Å². The Hall–Kier alpha value is -1.55. The van der Waals surface area contributed by atoms with Crippen molar-refractivity contribution >= 4 is 5.71 Å². The minimum atomic E-state index is 0.283. The molecule has 0 aliphatic carbocycles. The van der Waals surface area contributed by atoms with Gasteiger partial charge in [0.2, 0.25) is 0 Å². The summed E-state index contributed by atoms with van der Waals surface area (Å²) in [6.45, 7) is 6.98. The molecule has 4 nitrogen and oxygen atoms in total. The molecule has 1 aromatic carbocycles. The lowest BCUT2D eigenvalue weighted by Gasteiger charge is -2.24. The molecule has 0 aromatic heterocycles. The molecule has 1 N–H and O–H groups in total. The van der Waals surface area contributed by atoms with E-state index in [4.69, 9.17) is 4.74 Å². The largest absolute Gasteiger partial charge is 0.507 e. The lowest BCUT2D eigenvalue weighted by molar-refractivity contribution is 0.0393. The van der Waals surface area contributed by atoms with Gasteiger partial charge >= 0.3 is 0 Å². The highest BCUT2D eigenvalue weighted by molar-refractivity contribution is 6.01. The molecular weight excluding hydrogens is 216 g/mol. The zero-order valence-electron chi connectivity index (χ0n) is 10.3. The van der Waals surface area contributed by atoms with Crippen LogP contribution in [0.4, 0.5) is 0 Å². The molecule has 0 saturated carbocycles. The van der Waals surface area contributed by atoms with Crippen molar-refractivity contribution in [1.82, 2.24) is 5.01 Å². The summed E-state index contributed by atoms with van der Waals surface area (Å²) >= 11 is 0. The smallest absolute Gasteiger partial charge is 0.124 e. The lowest BCUT2D eigenvalue weighted by Crippen LogP contribution is -2.33. The van der Waals surface area contributed by atoms with Crippen molar-refractivity contribution < 1.29 is 9.84 Å².